The molecule has 2 aromatic carbocycles. The number of fused-ring (bicyclic) bond motifs is 1. The Hall–Kier alpha value is -2.95. The molecule has 10 heteroatoms. The summed E-state index contributed by atoms with van der Waals surface area (Å²) in [5, 5.41) is 9.35. The van der Waals surface area contributed by atoms with Crippen LogP contribution in [0.2, 0.25) is 0 Å². The maximum absolute atomic E-state index is 12.8. The molecule has 0 saturated heterocycles. The lowest BCUT2D eigenvalue weighted by Gasteiger charge is -2.18. The molecule has 0 spiro atoms. The minimum Gasteiger partial charge on any atom is -0.422 e. The Morgan fingerprint density at radius 1 is 1.00 bits per heavy atom. The van der Waals surface area contributed by atoms with Crippen LogP contribution in [0.3, 0.4) is 0 Å². The van der Waals surface area contributed by atoms with Crippen molar-refractivity contribution in [3.63, 3.8) is 0 Å². The van der Waals surface area contributed by atoms with Crippen LogP contribution in [-0.2, 0) is 15.8 Å². The van der Waals surface area contributed by atoms with E-state index in [1.807, 2.05) is 26.0 Å². The van der Waals surface area contributed by atoms with E-state index in [9.17, 15) is 13.2 Å². The lowest BCUT2D eigenvalue weighted by molar-refractivity contribution is 0.445. The van der Waals surface area contributed by atoms with Crippen molar-refractivity contribution in [1.29, 1.82) is 0 Å². The number of rotatable bonds is 8. The Bertz CT molecular complexity index is 1500. The minimum atomic E-state index is -3.60. The van der Waals surface area contributed by atoms with Gasteiger partial charge >= 0.3 is 5.63 Å². The molecule has 0 radical (unpaired) electrons. The van der Waals surface area contributed by atoms with Crippen LogP contribution in [0.4, 0.5) is 0 Å². The van der Waals surface area contributed by atoms with Gasteiger partial charge in [-0.3, -0.25) is 0 Å². The predicted octanol–water partition coefficient (Wildman–Crippen LogP) is 4.78. The fourth-order valence-corrected chi connectivity index (χ4v) is 5.93. The quantitative estimate of drug-likeness (QED) is 0.252. The van der Waals surface area contributed by atoms with Crippen molar-refractivity contribution in [2.24, 2.45) is 0 Å². The molecule has 0 fully saturated rings. The Morgan fingerprint density at radius 3 is 2.50 bits per heavy atom. The molecular weight excluding hydrogens is 474 g/mol. The summed E-state index contributed by atoms with van der Waals surface area (Å²) < 4.78 is 38.3. The summed E-state index contributed by atoms with van der Waals surface area (Å²) in [5.41, 5.74) is 3.49. The van der Waals surface area contributed by atoms with Gasteiger partial charge in [-0.25, -0.2) is 13.2 Å². The molecule has 0 aliphatic carbocycles. The van der Waals surface area contributed by atoms with Gasteiger partial charge in [0.2, 0.25) is 15.9 Å². The average Bonchev–Trinajstić information content (AvgIpc) is 3.30. The third-order valence-electron chi connectivity index (χ3n) is 5.70. The van der Waals surface area contributed by atoms with Gasteiger partial charge in [-0.15, -0.1) is 10.2 Å². The molecule has 0 N–H and O–H groups in total. The number of hydrogen-bond donors (Lipinski definition) is 0. The zero-order chi connectivity index (χ0) is 24.5. The van der Waals surface area contributed by atoms with E-state index in [4.69, 9.17) is 8.83 Å². The Kier molecular flexibility index (Phi) is 6.92. The fraction of sp³-hybridized carbons (Fsp3) is 0.292. The molecule has 4 aromatic rings. The molecule has 0 amide bonds. The Balaban J connectivity index is 1.58. The third-order valence-corrected chi connectivity index (χ3v) is 8.61. The van der Waals surface area contributed by atoms with E-state index in [1.165, 1.54) is 28.2 Å². The predicted molar refractivity (Wildman–Crippen MR) is 131 cm³/mol. The molecule has 0 unspecified atom stereocenters. The number of thioether (sulfide) groups is 1. The smallest absolute Gasteiger partial charge is 0.336 e. The van der Waals surface area contributed by atoms with Gasteiger partial charge in [0.05, 0.1) is 4.90 Å². The summed E-state index contributed by atoms with van der Waals surface area (Å²) in [4.78, 5) is 12.3. The first-order valence-corrected chi connectivity index (χ1v) is 13.3. The normalized spacial score (nSPS) is 12.0. The molecule has 0 aliphatic heterocycles. The molecule has 4 rings (SSSR count). The maximum atomic E-state index is 12.8. The molecule has 0 aliphatic rings. The zero-order valence-corrected chi connectivity index (χ0v) is 21.0. The van der Waals surface area contributed by atoms with Gasteiger partial charge in [-0.1, -0.05) is 43.8 Å². The summed E-state index contributed by atoms with van der Waals surface area (Å²) in [5.74, 6) is 0.658. The van der Waals surface area contributed by atoms with Crippen LogP contribution in [0.25, 0.3) is 22.4 Å². The second kappa shape index (κ2) is 9.73. The van der Waals surface area contributed by atoms with Gasteiger partial charge in [0.15, 0.2) is 0 Å². The van der Waals surface area contributed by atoms with Crippen molar-refractivity contribution in [3.8, 4) is 11.5 Å². The van der Waals surface area contributed by atoms with E-state index in [0.29, 0.717) is 35.2 Å². The molecule has 34 heavy (non-hydrogen) atoms. The third kappa shape index (κ3) is 4.66. The van der Waals surface area contributed by atoms with Crippen molar-refractivity contribution in [1.82, 2.24) is 14.5 Å². The van der Waals surface area contributed by atoms with Crippen molar-refractivity contribution >= 4 is 32.8 Å². The maximum Gasteiger partial charge on any atom is 0.336 e. The summed E-state index contributed by atoms with van der Waals surface area (Å²) in [7, 11) is -3.60. The summed E-state index contributed by atoms with van der Waals surface area (Å²) >= 11 is 1.30. The fourth-order valence-electron chi connectivity index (χ4n) is 3.67. The van der Waals surface area contributed by atoms with Gasteiger partial charge < -0.3 is 8.83 Å². The highest BCUT2D eigenvalue weighted by atomic mass is 32.2. The number of aromatic nitrogens is 2. The molecule has 0 saturated carbocycles. The highest BCUT2D eigenvalue weighted by Gasteiger charge is 2.22. The van der Waals surface area contributed by atoms with Gasteiger partial charge in [-0.2, -0.15) is 4.31 Å². The topological polar surface area (TPSA) is 107 Å². The monoisotopic (exact) mass is 499 g/mol. The molecule has 8 nitrogen and oxygen atoms in total. The lowest BCUT2D eigenvalue weighted by Crippen LogP contribution is -2.30. The molecule has 0 bridgehead atoms. The highest BCUT2D eigenvalue weighted by Crippen LogP contribution is 2.30. The van der Waals surface area contributed by atoms with Crippen LogP contribution < -0.4 is 5.63 Å². The SMILES string of the molecule is CCN(CC)S(=O)(=O)c1cccc(-c2nnc(SCc3cc(=O)oc4c(C)c(C)ccc34)o2)c1. The van der Waals surface area contributed by atoms with E-state index in [0.717, 1.165) is 22.1 Å². The van der Waals surface area contributed by atoms with Crippen LogP contribution in [0.1, 0.15) is 30.5 Å². The van der Waals surface area contributed by atoms with Gasteiger partial charge in [-0.05, 0) is 48.7 Å². The van der Waals surface area contributed by atoms with Crippen LogP contribution in [0.15, 0.2) is 66.2 Å². The van der Waals surface area contributed by atoms with Gasteiger partial charge in [0.1, 0.15) is 5.58 Å². The lowest BCUT2D eigenvalue weighted by atomic mass is 10.0. The van der Waals surface area contributed by atoms with E-state index >= 15 is 0 Å². The van der Waals surface area contributed by atoms with Crippen molar-refractivity contribution < 1.29 is 17.3 Å². The number of aryl methyl sites for hydroxylation is 2. The minimum absolute atomic E-state index is 0.175. The van der Waals surface area contributed by atoms with E-state index in [1.54, 1.807) is 32.0 Å². The highest BCUT2D eigenvalue weighted by molar-refractivity contribution is 7.98. The Morgan fingerprint density at radius 2 is 1.76 bits per heavy atom. The summed E-state index contributed by atoms with van der Waals surface area (Å²) in [6.07, 6.45) is 0. The van der Waals surface area contributed by atoms with Crippen LogP contribution in [-0.4, -0.2) is 36.0 Å². The molecule has 0 atom stereocenters. The van der Waals surface area contributed by atoms with Crippen molar-refractivity contribution in [2.75, 3.05) is 13.1 Å². The summed E-state index contributed by atoms with van der Waals surface area (Å²) in [6.45, 7) is 8.27. The van der Waals surface area contributed by atoms with Crippen LogP contribution >= 0.6 is 11.8 Å². The number of benzene rings is 2. The van der Waals surface area contributed by atoms with Gasteiger partial charge in [0, 0.05) is 35.9 Å². The standard InChI is InChI=1S/C24H25N3O5S2/c1-5-27(6-2)34(29,30)19-9-7-8-17(12-19)23-25-26-24(32-23)33-14-18-13-21(28)31-22-16(4)15(3)10-11-20(18)22/h7-13H,5-6,14H2,1-4H3. The van der Waals surface area contributed by atoms with Crippen molar-refractivity contribution in [3.05, 3.63) is 69.6 Å². The van der Waals surface area contributed by atoms with Gasteiger partial charge in [0.25, 0.3) is 5.22 Å². The molecule has 2 aromatic heterocycles. The number of hydrogen-bond acceptors (Lipinski definition) is 8. The zero-order valence-electron chi connectivity index (χ0n) is 19.4. The van der Waals surface area contributed by atoms with Crippen LogP contribution in [0.5, 0.6) is 0 Å². The average molecular weight is 500 g/mol. The largest absolute Gasteiger partial charge is 0.422 e. The molecule has 178 valence electrons. The second-order valence-electron chi connectivity index (χ2n) is 7.75. The van der Waals surface area contributed by atoms with E-state index in [2.05, 4.69) is 10.2 Å². The molecule has 2 heterocycles. The second-order valence-corrected chi connectivity index (χ2v) is 10.6. The number of nitrogens with zero attached hydrogens (tertiary/aromatic N) is 3. The summed E-state index contributed by atoms with van der Waals surface area (Å²) in [6, 6.07) is 11.9. The van der Waals surface area contributed by atoms with Crippen molar-refractivity contribution in [2.45, 2.75) is 43.6 Å². The van der Waals surface area contributed by atoms with E-state index < -0.39 is 15.6 Å². The van der Waals surface area contributed by atoms with E-state index in [-0.39, 0.29) is 10.8 Å². The number of sulfonamides is 1. The first-order chi connectivity index (χ1) is 16.2. The first kappa shape index (κ1) is 24.2. The van der Waals surface area contributed by atoms with Crippen LogP contribution in [0, 0.1) is 13.8 Å². The molecular formula is C24H25N3O5S2. The first-order valence-electron chi connectivity index (χ1n) is 10.8. The Labute approximate surface area is 202 Å².